The molecule has 0 aromatic carbocycles. The quantitative estimate of drug-likeness (QED) is 0.436. The fourth-order valence-corrected chi connectivity index (χ4v) is 1.80. The number of rotatable bonds is 6. The fraction of sp³-hybridized carbons (Fsp3) is 0.357. The zero-order valence-electron chi connectivity index (χ0n) is 12.1. The predicted octanol–water partition coefficient (Wildman–Crippen LogP) is 1.30. The SMILES string of the molecule is CN=C(NCCc1ccccn1)NCCn1ccnc1.I. The van der Waals surface area contributed by atoms with Crippen LogP contribution < -0.4 is 10.6 Å². The molecule has 0 amide bonds. The van der Waals surface area contributed by atoms with Gasteiger partial charge in [-0.05, 0) is 12.1 Å². The average molecular weight is 400 g/mol. The third-order valence-corrected chi connectivity index (χ3v) is 2.84. The summed E-state index contributed by atoms with van der Waals surface area (Å²) in [6.45, 7) is 2.47. The van der Waals surface area contributed by atoms with Crippen molar-refractivity contribution in [1.82, 2.24) is 25.2 Å². The fourth-order valence-electron chi connectivity index (χ4n) is 1.80. The van der Waals surface area contributed by atoms with Crippen LogP contribution in [0.25, 0.3) is 0 Å². The van der Waals surface area contributed by atoms with Crippen LogP contribution in [0.3, 0.4) is 0 Å². The van der Waals surface area contributed by atoms with Crippen molar-refractivity contribution in [3.8, 4) is 0 Å². The minimum absolute atomic E-state index is 0. The lowest BCUT2D eigenvalue weighted by Crippen LogP contribution is -2.39. The van der Waals surface area contributed by atoms with Crippen LogP contribution in [0.1, 0.15) is 5.69 Å². The second kappa shape index (κ2) is 10.1. The Kier molecular flexibility index (Phi) is 8.41. The lowest BCUT2D eigenvalue weighted by molar-refractivity contribution is 0.661. The molecule has 2 heterocycles. The van der Waals surface area contributed by atoms with Gasteiger partial charge in [-0.15, -0.1) is 24.0 Å². The topological polar surface area (TPSA) is 67.1 Å². The first-order valence-electron chi connectivity index (χ1n) is 6.68. The second-order valence-electron chi connectivity index (χ2n) is 4.30. The minimum atomic E-state index is 0. The van der Waals surface area contributed by atoms with Gasteiger partial charge in [0, 0.05) is 57.4 Å². The van der Waals surface area contributed by atoms with E-state index in [4.69, 9.17) is 0 Å². The van der Waals surface area contributed by atoms with E-state index in [1.54, 1.807) is 19.6 Å². The van der Waals surface area contributed by atoms with Gasteiger partial charge in [-0.2, -0.15) is 0 Å². The number of nitrogens with one attached hydrogen (secondary N) is 2. The van der Waals surface area contributed by atoms with Crippen molar-refractivity contribution in [3.63, 3.8) is 0 Å². The van der Waals surface area contributed by atoms with E-state index in [0.717, 1.165) is 37.7 Å². The van der Waals surface area contributed by atoms with Gasteiger partial charge in [-0.3, -0.25) is 9.98 Å². The molecule has 0 aliphatic rings. The molecule has 7 heteroatoms. The standard InChI is InChI=1S/C14H20N6.HI/c1-15-14(19-9-11-20-10-8-16-12-20)18-7-5-13-4-2-3-6-17-13;/h2-4,6,8,10,12H,5,7,9,11H2,1H3,(H2,15,18,19);1H. The summed E-state index contributed by atoms with van der Waals surface area (Å²) in [6, 6.07) is 5.95. The molecule has 2 rings (SSSR count). The molecule has 0 saturated carbocycles. The summed E-state index contributed by atoms with van der Waals surface area (Å²) in [5, 5.41) is 6.54. The number of imidazole rings is 1. The Morgan fingerprint density at radius 3 is 2.76 bits per heavy atom. The number of aliphatic imine (C=N–C) groups is 1. The van der Waals surface area contributed by atoms with Gasteiger partial charge in [0.15, 0.2) is 5.96 Å². The molecule has 21 heavy (non-hydrogen) atoms. The monoisotopic (exact) mass is 400 g/mol. The van der Waals surface area contributed by atoms with Gasteiger partial charge < -0.3 is 15.2 Å². The highest BCUT2D eigenvalue weighted by Gasteiger charge is 1.98. The Morgan fingerprint density at radius 1 is 1.24 bits per heavy atom. The van der Waals surface area contributed by atoms with Gasteiger partial charge in [0.25, 0.3) is 0 Å². The van der Waals surface area contributed by atoms with Crippen LogP contribution in [0.15, 0.2) is 48.1 Å². The Balaban J connectivity index is 0.00000220. The third-order valence-electron chi connectivity index (χ3n) is 2.84. The van der Waals surface area contributed by atoms with Crippen LogP contribution >= 0.6 is 24.0 Å². The number of hydrogen-bond acceptors (Lipinski definition) is 3. The van der Waals surface area contributed by atoms with E-state index < -0.39 is 0 Å². The molecule has 0 bridgehead atoms. The van der Waals surface area contributed by atoms with Crippen molar-refractivity contribution < 1.29 is 0 Å². The number of nitrogens with zero attached hydrogens (tertiary/aromatic N) is 4. The smallest absolute Gasteiger partial charge is 0.191 e. The predicted molar refractivity (Wildman–Crippen MR) is 94.9 cm³/mol. The number of halogens is 1. The van der Waals surface area contributed by atoms with E-state index in [1.165, 1.54) is 0 Å². The number of aromatic nitrogens is 3. The van der Waals surface area contributed by atoms with Crippen molar-refractivity contribution >= 4 is 29.9 Å². The molecule has 114 valence electrons. The highest BCUT2D eigenvalue weighted by Crippen LogP contribution is 1.92. The van der Waals surface area contributed by atoms with Crippen molar-refractivity contribution in [2.24, 2.45) is 4.99 Å². The molecule has 0 radical (unpaired) electrons. The van der Waals surface area contributed by atoms with Crippen molar-refractivity contribution in [1.29, 1.82) is 0 Å². The van der Waals surface area contributed by atoms with Crippen LogP contribution in [-0.4, -0.2) is 40.6 Å². The number of guanidine groups is 1. The van der Waals surface area contributed by atoms with E-state index in [2.05, 4.69) is 25.6 Å². The van der Waals surface area contributed by atoms with Gasteiger partial charge in [0.1, 0.15) is 0 Å². The summed E-state index contributed by atoms with van der Waals surface area (Å²) >= 11 is 0. The second-order valence-corrected chi connectivity index (χ2v) is 4.30. The van der Waals surface area contributed by atoms with Crippen molar-refractivity contribution in [2.45, 2.75) is 13.0 Å². The summed E-state index contributed by atoms with van der Waals surface area (Å²) in [7, 11) is 1.77. The molecule has 2 aromatic rings. The Hall–Kier alpha value is -1.64. The van der Waals surface area contributed by atoms with Gasteiger partial charge in [-0.1, -0.05) is 6.07 Å². The molecule has 2 N–H and O–H groups in total. The molecular weight excluding hydrogens is 379 g/mol. The molecule has 0 aliphatic carbocycles. The summed E-state index contributed by atoms with van der Waals surface area (Å²) < 4.78 is 2.02. The summed E-state index contributed by atoms with van der Waals surface area (Å²) in [6.07, 6.45) is 8.22. The molecule has 6 nitrogen and oxygen atoms in total. The van der Waals surface area contributed by atoms with Gasteiger partial charge in [-0.25, -0.2) is 4.98 Å². The summed E-state index contributed by atoms with van der Waals surface area (Å²) in [4.78, 5) is 12.5. The maximum atomic E-state index is 4.29. The van der Waals surface area contributed by atoms with Gasteiger partial charge in [0.05, 0.1) is 6.33 Å². The molecule has 0 unspecified atom stereocenters. The van der Waals surface area contributed by atoms with E-state index in [1.807, 2.05) is 35.2 Å². The Bertz CT molecular complexity index is 512. The number of pyridine rings is 1. The maximum absolute atomic E-state index is 4.29. The summed E-state index contributed by atoms with van der Waals surface area (Å²) in [5.41, 5.74) is 1.08. The van der Waals surface area contributed by atoms with Crippen molar-refractivity contribution in [3.05, 3.63) is 48.8 Å². The number of hydrogen-bond donors (Lipinski definition) is 2. The maximum Gasteiger partial charge on any atom is 0.191 e. The molecule has 0 aliphatic heterocycles. The zero-order valence-corrected chi connectivity index (χ0v) is 14.4. The summed E-state index contributed by atoms with van der Waals surface area (Å²) in [5.74, 6) is 0.807. The zero-order chi connectivity index (χ0) is 14.0. The first kappa shape index (κ1) is 17.4. The van der Waals surface area contributed by atoms with Crippen LogP contribution in [0.2, 0.25) is 0 Å². The molecule has 0 saturated heterocycles. The first-order valence-corrected chi connectivity index (χ1v) is 6.68. The molecule has 2 aromatic heterocycles. The molecule has 0 spiro atoms. The van der Waals surface area contributed by atoms with Crippen LogP contribution in [0.4, 0.5) is 0 Å². The Morgan fingerprint density at radius 2 is 2.10 bits per heavy atom. The highest BCUT2D eigenvalue weighted by atomic mass is 127. The minimum Gasteiger partial charge on any atom is -0.356 e. The first-order chi connectivity index (χ1) is 9.88. The molecule has 0 fully saturated rings. The third kappa shape index (κ3) is 6.56. The Labute approximate surface area is 142 Å². The van der Waals surface area contributed by atoms with Crippen LogP contribution in [-0.2, 0) is 13.0 Å². The van der Waals surface area contributed by atoms with E-state index >= 15 is 0 Å². The van der Waals surface area contributed by atoms with E-state index in [0.29, 0.717) is 0 Å². The highest BCUT2D eigenvalue weighted by molar-refractivity contribution is 14.0. The van der Waals surface area contributed by atoms with Gasteiger partial charge in [0.2, 0.25) is 0 Å². The molecular formula is C14H21IN6. The van der Waals surface area contributed by atoms with E-state index in [9.17, 15) is 0 Å². The lowest BCUT2D eigenvalue weighted by Gasteiger charge is -2.11. The molecule has 0 atom stereocenters. The normalized spacial score (nSPS) is 10.8. The average Bonchev–Trinajstić information content (AvgIpc) is 3.00. The van der Waals surface area contributed by atoms with Crippen LogP contribution in [0.5, 0.6) is 0 Å². The van der Waals surface area contributed by atoms with E-state index in [-0.39, 0.29) is 24.0 Å². The van der Waals surface area contributed by atoms with Crippen molar-refractivity contribution in [2.75, 3.05) is 20.1 Å². The van der Waals surface area contributed by atoms with Gasteiger partial charge >= 0.3 is 0 Å². The lowest BCUT2D eigenvalue weighted by atomic mass is 10.3. The van der Waals surface area contributed by atoms with Crippen LogP contribution in [0, 0.1) is 0 Å². The largest absolute Gasteiger partial charge is 0.356 e.